The van der Waals surface area contributed by atoms with E-state index >= 15 is 0 Å². The number of nitrogens with zero attached hydrogens (tertiary/aromatic N) is 3. The molecule has 5 nitrogen and oxygen atoms in total. The Labute approximate surface area is 147 Å². The second kappa shape index (κ2) is 7.85. The van der Waals surface area contributed by atoms with Crippen LogP contribution in [-0.4, -0.2) is 48.0 Å². The molecule has 1 amide bonds. The maximum atomic E-state index is 12.4. The van der Waals surface area contributed by atoms with Crippen LogP contribution in [0.15, 0.2) is 24.4 Å². The third-order valence-electron chi connectivity index (χ3n) is 4.28. The molecule has 3 rings (SSSR count). The molecular weight excluding hydrogens is 320 g/mol. The molecule has 0 aliphatic heterocycles. The van der Waals surface area contributed by atoms with Gasteiger partial charge in [0.2, 0.25) is 5.91 Å². The number of pyridine rings is 1. The first-order valence-corrected chi connectivity index (χ1v) is 9.27. The minimum absolute atomic E-state index is 0.0777. The summed E-state index contributed by atoms with van der Waals surface area (Å²) in [6.45, 7) is 1.75. The first kappa shape index (κ1) is 17.0. The minimum Gasteiger partial charge on any atom is -0.356 e. The van der Waals surface area contributed by atoms with Gasteiger partial charge in [0.05, 0.1) is 11.4 Å². The van der Waals surface area contributed by atoms with E-state index in [4.69, 9.17) is 4.98 Å². The van der Waals surface area contributed by atoms with Gasteiger partial charge in [-0.3, -0.25) is 9.78 Å². The lowest BCUT2D eigenvalue weighted by Gasteiger charge is -2.20. The summed E-state index contributed by atoms with van der Waals surface area (Å²) in [6, 6.07) is 5.87. The molecule has 2 aromatic heterocycles. The van der Waals surface area contributed by atoms with E-state index < -0.39 is 0 Å². The molecule has 0 fully saturated rings. The molecule has 1 atom stereocenters. The molecule has 1 unspecified atom stereocenters. The summed E-state index contributed by atoms with van der Waals surface area (Å²) in [5.74, 6) is 0.265. The Bertz CT molecular complexity index is 684. The lowest BCUT2D eigenvalue weighted by molar-refractivity contribution is -0.125. The molecule has 0 spiro atoms. The van der Waals surface area contributed by atoms with E-state index in [9.17, 15) is 4.79 Å². The standard InChI is InChI=1S/C18H24N4OS/c1-22(2)11-5-10-20-17(23)13-7-8-14-16(12-13)24-18(21-14)15-6-3-4-9-19-15/h3-4,6,9,13H,5,7-8,10-12H2,1-2H3,(H,20,23). The summed E-state index contributed by atoms with van der Waals surface area (Å²) in [4.78, 5) is 24.9. The molecule has 1 aliphatic carbocycles. The number of carbonyl (C=O) groups is 1. The van der Waals surface area contributed by atoms with Crippen LogP contribution in [0.5, 0.6) is 0 Å². The number of hydrogen-bond acceptors (Lipinski definition) is 5. The van der Waals surface area contributed by atoms with Gasteiger partial charge in [0.15, 0.2) is 0 Å². The summed E-state index contributed by atoms with van der Waals surface area (Å²) >= 11 is 1.68. The van der Waals surface area contributed by atoms with E-state index in [1.54, 1.807) is 17.5 Å². The second-order valence-electron chi connectivity index (χ2n) is 6.49. The lowest BCUT2D eigenvalue weighted by atomic mass is 9.90. The summed E-state index contributed by atoms with van der Waals surface area (Å²) in [5, 5.41) is 4.05. The highest BCUT2D eigenvalue weighted by Crippen LogP contribution is 2.33. The van der Waals surface area contributed by atoms with Gasteiger partial charge in [0, 0.05) is 23.5 Å². The lowest BCUT2D eigenvalue weighted by Crippen LogP contribution is -2.35. The highest BCUT2D eigenvalue weighted by molar-refractivity contribution is 7.15. The fourth-order valence-electron chi connectivity index (χ4n) is 2.95. The number of thiazole rings is 1. The molecule has 0 aromatic carbocycles. The summed E-state index contributed by atoms with van der Waals surface area (Å²) in [6.07, 6.45) is 5.35. The zero-order chi connectivity index (χ0) is 16.9. The van der Waals surface area contributed by atoms with Crippen LogP contribution in [0.1, 0.15) is 23.4 Å². The topological polar surface area (TPSA) is 58.1 Å². The molecule has 2 aromatic rings. The van der Waals surface area contributed by atoms with Gasteiger partial charge in [-0.15, -0.1) is 11.3 Å². The minimum atomic E-state index is 0.0777. The number of rotatable bonds is 6. The Balaban J connectivity index is 1.58. The van der Waals surface area contributed by atoms with Crippen molar-refractivity contribution in [3.63, 3.8) is 0 Å². The molecular formula is C18H24N4OS. The quantitative estimate of drug-likeness (QED) is 0.818. The van der Waals surface area contributed by atoms with Crippen molar-refractivity contribution in [2.45, 2.75) is 25.7 Å². The molecule has 0 saturated carbocycles. The van der Waals surface area contributed by atoms with Crippen LogP contribution in [0.3, 0.4) is 0 Å². The zero-order valence-electron chi connectivity index (χ0n) is 14.3. The fourth-order valence-corrected chi connectivity index (χ4v) is 4.11. The van der Waals surface area contributed by atoms with Crippen LogP contribution in [0.25, 0.3) is 10.7 Å². The SMILES string of the molecule is CN(C)CCCNC(=O)C1CCc2nc(-c3ccccn3)sc2C1. The van der Waals surface area contributed by atoms with Crippen molar-refractivity contribution in [1.82, 2.24) is 20.2 Å². The number of fused-ring (bicyclic) bond motifs is 1. The van der Waals surface area contributed by atoms with Gasteiger partial charge in [-0.05, 0) is 58.5 Å². The Kier molecular flexibility index (Phi) is 5.58. The maximum Gasteiger partial charge on any atom is 0.223 e. The van der Waals surface area contributed by atoms with E-state index in [0.29, 0.717) is 0 Å². The summed E-state index contributed by atoms with van der Waals surface area (Å²) in [7, 11) is 4.10. The van der Waals surface area contributed by atoms with Gasteiger partial charge >= 0.3 is 0 Å². The molecule has 24 heavy (non-hydrogen) atoms. The van der Waals surface area contributed by atoms with Crippen molar-refractivity contribution in [2.24, 2.45) is 5.92 Å². The van der Waals surface area contributed by atoms with Crippen molar-refractivity contribution >= 4 is 17.2 Å². The Morgan fingerprint density at radius 2 is 2.29 bits per heavy atom. The normalized spacial score (nSPS) is 16.9. The van der Waals surface area contributed by atoms with Crippen LogP contribution in [0, 0.1) is 5.92 Å². The maximum absolute atomic E-state index is 12.4. The average Bonchev–Trinajstić information content (AvgIpc) is 3.02. The average molecular weight is 344 g/mol. The largest absolute Gasteiger partial charge is 0.356 e. The predicted molar refractivity (Wildman–Crippen MR) is 97.0 cm³/mol. The summed E-state index contributed by atoms with van der Waals surface area (Å²) < 4.78 is 0. The van der Waals surface area contributed by atoms with E-state index in [-0.39, 0.29) is 11.8 Å². The molecule has 1 aliphatic rings. The molecule has 6 heteroatoms. The first-order chi connectivity index (χ1) is 11.6. The van der Waals surface area contributed by atoms with Crippen molar-refractivity contribution < 1.29 is 4.79 Å². The molecule has 0 bridgehead atoms. The Hall–Kier alpha value is -1.79. The number of hydrogen-bond donors (Lipinski definition) is 1. The Morgan fingerprint density at radius 1 is 1.42 bits per heavy atom. The van der Waals surface area contributed by atoms with Crippen LogP contribution in [-0.2, 0) is 17.6 Å². The number of nitrogens with one attached hydrogen (secondary N) is 1. The van der Waals surface area contributed by atoms with E-state index in [2.05, 4.69) is 15.2 Å². The van der Waals surface area contributed by atoms with Crippen molar-refractivity contribution in [3.05, 3.63) is 35.0 Å². The highest BCUT2D eigenvalue weighted by atomic mass is 32.1. The Morgan fingerprint density at radius 3 is 3.04 bits per heavy atom. The van der Waals surface area contributed by atoms with Crippen molar-refractivity contribution in [3.8, 4) is 10.7 Å². The van der Waals surface area contributed by atoms with Gasteiger partial charge in [-0.2, -0.15) is 0 Å². The van der Waals surface area contributed by atoms with Crippen LogP contribution in [0.2, 0.25) is 0 Å². The van der Waals surface area contributed by atoms with Gasteiger partial charge in [-0.1, -0.05) is 6.07 Å². The van der Waals surface area contributed by atoms with E-state index in [1.165, 1.54) is 4.88 Å². The number of aromatic nitrogens is 2. The number of amides is 1. The second-order valence-corrected chi connectivity index (χ2v) is 7.58. The molecule has 0 radical (unpaired) electrons. The molecule has 2 heterocycles. The fraction of sp³-hybridized carbons (Fsp3) is 0.500. The monoisotopic (exact) mass is 344 g/mol. The van der Waals surface area contributed by atoms with Gasteiger partial charge in [0.1, 0.15) is 5.01 Å². The smallest absolute Gasteiger partial charge is 0.223 e. The van der Waals surface area contributed by atoms with Crippen LogP contribution in [0.4, 0.5) is 0 Å². The molecule has 1 N–H and O–H groups in total. The van der Waals surface area contributed by atoms with E-state index in [1.807, 2.05) is 32.3 Å². The molecule has 128 valence electrons. The molecule has 0 saturated heterocycles. The van der Waals surface area contributed by atoms with Crippen molar-refractivity contribution in [1.29, 1.82) is 0 Å². The highest BCUT2D eigenvalue weighted by Gasteiger charge is 2.27. The zero-order valence-corrected chi connectivity index (χ0v) is 15.1. The van der Waals surface area contributed by atoms with Crippen LogP contribution >= 0.6 is 11.3 Å². The predicted octanol–water partition coefficient (Wildman–Crippen LogP) is 2.38. The van der Waals surface area contributed by atoms with Crippen molar-refractivity contribution in [2.75, 3.05) is 27.2 Å². The van der Waals surface area contributed by atoms with Gasteiger partial charge < -0.3 is 10.2 Å². The number of aryl methyl sites for hydroxylation is 1. The van der Waals surface area contributed by atoms with Crippen LogP contribution < -0.4 is 5.32 Å². The summed E-state index contributed by atoms with van der Waals surface area (Å²) in [5.41, 5.74) is 2.07. The first-order valence-electron chi connectivity index (χ1n) is 8.46. The van der Waals surface area contributed by atoms with E-state index in [0.717, 1.165) is 55.2 Å². The third-order valence-corrected chi connectivity index (χ3v) is 5.42. The third kappa shape index (κ3) is 4.19. The number of carbonyl (C=O) groups excluding carboxylic acids is 1. The van der Waals surface area contributed by atoms with Gasteiger partial charge in [0.25, 0.3) is 0 Å². The van der Waals surface area contributed by atoms with Gasteiger partial charge in [-0.25, -0.2) is 4.98 Å².